The highest BCUT2D eigenvalue weighted by molar-refractivity contribution is 5.79. The first-order chi connectivity index (χ1) is 12.2. The van der Waals surface area contributed by atoms with Crippen molar-refractivity contribution in [1.82, 2.24) is 5.32 Å². The van der Waals surface area contributed by atoms with E-state index >= 15 is 0 Å². The number of carbonyl (C=O) groups excluding carboxylic acids is 1. The van der Waals surface area contributed by atoms with Crippen LogP contribution in [0.1, 0.15) is 23.5 Å². The highest BCUT2D eigenvalue weighted by atomic mass is 16.5. The molecule has 0 saturated carbocycles. The summed E-state index contributed by atoms with van der Waals surface area (Å²) in [5.41, 5.74) is 4.75. The van der Waals surface area contributed by atoms with Crippen LogP contribution in [0.25, 0.3) is 11.1 Å². The van der Waals surface area contributed by atoms with Crippen LogP contribution in [0.4, 0.5) is 4.79 Å². The van der Waals surface area contributed by atoms with Gasteiger partial charge in [0.15, 0.2) is 0 Å². The van der Waals surface area contributed by atoms with E-state index in [1.54, 1.807) is 7.11 Å². The minimum atomic E-state index is -0.638. The fraction of sp³-hybridized carbons (Fsp3) is 0.350. The summed E-state index contributed by atoms with van der Waals surface area (Å²) in [5, 5.41) is 12.3. The average Bonchev–Trinajstić information content (AvgIpc) is 2.97. The highest BCUT2D eigenvalue weighted by Gasteiger charge is 2.28. The van der Waals surface area contributed by atoms with E-state index in [-0.39, 0.29) is 19.1 Å². The molecule has 1 aliphatic rings. The molecule has 1 amide bonds. The standard InChI is InChI=1S/C20H23NO4/c1-24-11-10-14(22)12-21-20(23)25-13-19-17-8-4-2-6-15(17)16-7-3-5-9-18(16)19/h2-9,14,19,22H,10-13H2,1H3,(H,21,23). The van der Waals surface area contributed by atoms with Crippen molar-refractivity contribution in [2.75, 3.05) is 26.9 Å². The monoisotopic (exact) mass is 341 g/mol. The molecule has 0 aromatic heterocycles. The summed E-state index contributed by atoms with van der Waals surface area (Å²) < 4.78 is 10.3. The van der Waals surface area contributed by atoms with Crippen molar-refractivity contribution in [3.05, 3.63) is 59.7 Å². The van der Waals surface area contributed by atoms with Gasteiger partial charge in [-0.1, -0.05) is 48.5 Å². The predicted octanol–water partition coefficient (Wildman–Crippen LogP) is 2.92. The van der Waals surface area contributed by atoms with Crippen molar-refractivity contribution in [2.24, 2.45) is 0 Å². The van der Waals surface area contributed by atoms with Gasteiger partial charge in [-0.25, -0.2) is 4.79 Å². The van der Waals surface area contributed by atoms with E-state index in [2.05, 4.69) is 29.6 Å². The van der Waals surface area contributed by atoms with E-state index in [1.165, 1.54) is 22.3 Å². The number of alkyl carbamates (subject to hydrolysis) is 1. The Balaban J connectivity index is 1.59. The summed E-state index contributed by atoms with van der Waals surface area (Å²) in [4.78, 5) is 11.9. The van der Waals surface area contributed by atoms with Crippen molar-refractivity contribution in [2.45, 2.75) is 18.4 Å². The summed E-state index contributed by atoms with van der Waals surface area (Å²) in [6.07, 6.45) is -0.682. The van der Waals surface area contributed by atoms with E-state index < -0.39 is 12.2 Å². The smallest absolute Gasteiger partial charge is 0.407 e. The average molecular weight is 341 g/mol. The summed E-state index contributed by atoms with van der Waals surface area (Å²) in [7, 11) is 1.58. The van der Waals surface area contributed by atoms with Crippen molar-refractivity contribution in [1.29, 1.82) is 0 Å². The molecule has 0 aliphatic heterocycles. The van der Waals surface area contributed by atoms with Gasteiger partial charge < -0.3 is 19.9 Å². The molecule has 1 atom stereocenters. The Labute approximate surface area is 147 Å². The molecule has 3 rings (SSSR count). The summed E-state index contributed by atoms with van der Waals surface area (Å²) in [6.45, 7) is 0.877. The fourth-order valence-corrected chi connectivity index (χ4v) is 3.21. The van der Waals surface area contributed by atoms with Gasteiger partial charge >= 0.3 is 6.09 Å². The number of hydrogen-bond acceptors (Lipinski definition) is 4. The molecule has 2 N–H and O–H groups in total. The lowest BCUT2D eigenvalue weighted by Crippen LogP contribution is -2.33. The van der Waals surface area contributed by atoms with Crippen LogP contribution in [-0.2, 0) is 9.47 Å². The van der Waals surface area contributed by atoms with Crippen LogP contribution in [0.5, 0.6) is 0 Å². The molecule has 5 nitrogen and oxygen atoms in total. The molecule has 132 valence electrons. The molecule has 0 fully saturated rings. The second kappa shape index (κ2) is 8.14. The number of aliphatic hydroxyl groups is 1. The van der Waals surface area contributed by atoms with Crippen LogP contribution >= 0.6 is 0 Å². The van der Waals surface area contributed by atoms with Gasteiger partial charge in [-0.05, 0) is 28.7 Å². The zero-order valence-corrected chi connectivity index (χ0v) is 14.3. The molecule has 0 saturated heterocycles. The third-order valence-corrected chi connectivity index (χ3v) is 4.48. The zero-order valence-electron chi connectivity index (χ0n) is 14.3. The second-order valence-electron chi connectivity index (χ2n) is 6.14. The Kier molecular flexibility index (Phi) is 5.68. The Morgan fingerprint density at radius 3 is 2.32 bits per heavy atom. The number of benzene rings is 2. The minimum absolute atomic E-state index is 0.0385. The van der Waals surface area contributed by atoms with Crippen LogP contribution < -0.4 is 5.32 Å². The molecule has 5 heteroatoms. The molecule has 0 bridgehead atoms. The lowest BCUT2D eigenvalue weighted by molar-refractivity contribution is 0.101. The maximum Gasteiger partial charge on any atom is 0.407 e. The van der Waals surface area contributed by atoms with Crippen molar-refractivity contribution < 1.29 is 19.4 Å². The van der Waals surface area contributed by atoms with Crippen molar-refractivity contribution in [3.63, 3.8) is 0 Å². The number of fused-ring (bicyclic) bond motifs is 3. The van der Waals surface area contributed by atoms with Gasteiger partial charge in [-0.15, -0.1) is 0 Å². The first kappa shape index (κ1) is 17.5. The largest absolute Gasteiger partial charge is 0.449 e. The molecule has 0 radical (unpaired) electrons. The number of carbonyl (C=O) groups is 1. The van der Waals surface area contributed by atoms with Crippen molar-refractivity contribution in [3.8, 4) is 11.1 Å². The van der Waals surface area contributed by atoms with Gasteiger partial charge in [0.05, 0.1) is 6.10 Å². The van der Waals surface area contributed by atoms with Gasteiger partial charge in [-0.3, -0.25) is 0 Å². The Morgan fingerprint density at radius 1 is 1.12 bits per heavy atom. The van der Waals surface area contributed by atoms with Gasteiger partial charge in [0.2, 0.25) is 0 Å². The number of methoxy groups -OCH3 is 1. The van der Waals surface area contributed by atoms with E-state index in [0.29, 0.717) is 13.0 Å². The zero-order chi connectivity index (χ0) is 17.6. The van der Waals surface area contributed by atoms with E-state index in [0.717, 1.165) is 0 Å². The quantitative estimate of drug-likeness (QED) is 0.812. The number of aliphatic hydroxyl groups excluding tert-OH is 1. The van der Waals surface area contributed by atoms with Gasteiger partial charge in [0.25, 0.3) is 0 Å². The molecule has 1 aliphatic carbocycles. The topological polar surface area (TPSA) is 67.8 Å². The predicted molar refractivity (Wildman–Crippen MR) is 95.6 cm³/mol. The molecule has 2 aromatic rings. The SMILES string of the molecule is COCCC(O)CNC(=O)OCC1c2ccccc2-c2ccccc21. The number of ether oxygens (including phenoxy) is 2. The lowest BCUT2D eigenvalue weighted by atomic mass is 9.98. The Bertz CT molecular complexity index is 686. The molecule has 2 aromatic carbocycles. The number of rotatable bonds is 7. The molecule has 1 unspecified atom stereocenters. The van der Waals surface area contributed by atoms with Crippen LogP contribution in [0.2, 0.25) is 0 Å². The van der Waals surface area contributed by atoms with E-state index in [1.807, 2.05) is 24.3 Å². The van der Waals surface area contributed by atoms with Crippen LogP contribution in [-0.4, -0.2) is 44.2 Å². The lowest BCUT2D eigenvalue weighted by Gasteiger charge is -2.15. The minimum Gasteiger partial charge on any atom is -0.449 e. The first-order valence-corrected chi connectivity index (χ1v) is 8.46. The summed E-state index contributed by atoms with van der Waals surface area (Å²) >= 11 is 0. The van der Waals surface area contributed by atoms with Crippen LogP contribution in [0.3, 0.4) is 0 Å². The number of hydrogen-bond donors (Lipinski definition) is 2. The molecular weight excluding hydrogens is 318 g/mol. The van der Waals surface area contributed by atoms with E-state index in [4.69, 9.17) is 9.47 Å². The molecule has 0 spiro atoms. The third kappa shape index (κ3) is 4.00. The molecule has 25 heavy (non-hydrogen) atoms. The highest BCUT2D eigenvalue weighted by Crippen LogP contribution is 2.44. The normalized spacial score (nSPS) is 13.8. The number of amides is 1. The van der Waals surface area contributed by atoms with Crippen molar-refractivity contribution >= 4 is 6.09 Å². The van der Waals surface area contributed by atoms with E-state index in [9.17, 15) is 9.90 Å². The first-order valence-electron chi connectivity index (χ1n) is 8.46. The molecular formula is C20H23NO4. The fourth-order valence-electron chi connectivity index (χ4n) is 3.21. The Hall–Kier alpha value is -2.37. The van der Waals surface area contributed by atoms with Gasteiger partial charge in [-0.2, -0.15) is 0 Å². The summed E-state index contributed by atoms with van der Waals surface area (Å²) in [6, 6.07) is 16.4. The van der Waals surface area contributed by atoms with Crippen LogP contribution in [0, 0.1) is 0 Å². The Morgan fingerprint density at radius 2 is 1.72 bits per heavy atom. The second-order valence-corrected chi connectivity index (χ2v) is 6.14. The molecule has 0 heterocycles. The van der Waals surface area contributed by atoms with Gasteiger partial charge in [0.1, 0.15) is 6.61 Å². The number of nitrogens with one attached hydrogen (secondary N) is 1. The maximum absolute atomic E-state index is 11.9. The van der Waals surface area contributed by atoms with Crippen LogP contribution in [0.15, 0.2) is 48.5 Å². The van der Waals surface area contributed by atoms with Gasteiger partial charge in [0, 0.05) is 26.2 Å². The third-order valence-electron chi connectivity index (χ3n) is 4.48. The summed E-state index contributed by atoms with van der Waals surface area (Å²) in [5.74, 6) is 0.0385. The maximum atomic E-state index is 11.9.